The van der Waals surface area contributed by atoms with Crippen molar-refractivity contribution in [2.75, 3.05) is 5.01 Å². The van der Waals surface area contributed by atoms with Crippen LogP contribution < -0.4 is 5.01 Å². The Kier molecular flexibility index (Phi) is 5.77. The number of hydrazone groups is 1. The number of halogens is 2. The Hall–Kier alpha value is -3.21. The van der Waals surface area contributed by atoms with Crippen LogP contribution in [0.3, 0.4) is 0 Å². The largest absolute Gasteiger partial charge is 0.282 e. The molecule has 0 fully saturated rings. The molecular formula is C19H12Cl2N6O3S. The van der Waals surface area contributed by atoms with Crippen LogP contribution in [0.15, 0.2) is 63.2 Å². The van der Waals surface area contributed by atoms with Gasteiger partial charge in [0.05, 0.1) is 21.4 Å². The van der Waals surface area contributed by atoms with Crippen LogP contribution in [0, 0.1) is 10.1 Å². The molecule has 1 aliphatic rings. The maximum absolute atomic E-state index is 12.9. The van der Waals surface area contributed by atoms with Gasteiger partial charge in [-0.05, 0) is 25.1 Å². The van der Waals surface area contributed by atoms with Crippen molar-refractivity contribution in [3.8, 4) is 11.3 Å². The fraction of sp³-hybridized carbons (Fsp3) is 0.105. The first-order valence-corrected chi connectivity index (χ1v) is 10.4. The Balaban J connectivity index is 1.56. The highest BCUT2D eigenvalue weighted by atomic mass is 35.5. The van der Waals surface area contributed by atoms with Gasteiger partial charge >= 0.3 is 0 Å². The van der Waals surface area contributed by atoms with Gasteiger partial charge in [0.2, 0.25) is 5.13 Å². The zero-order valence-corrected chi connectivity index (χ0v) is 18.1. The van der Waals surface area contributed by atoms with Gasteiger partial charge in [-0.1, -0.05) is 35.3 Å². The maximum atomic E-state index is 12.9. The van der Waals surface area contributed by atoms with Gasteiger partial charge in [0.15, 0.2) is 6.04 Å². The molecule has 31 heavy (non-hydrogen) atoms. The Morgan fingerprint density at radius 1 is 1.23 bits per heavy atom. The zero-order valence-electron chi connectivity index (χ0n) is 15.8. The van der Waals surface area contributed by atoms with Gasteiger partial charge in [0.25, 0.3) is 11.6 Å². The van der Waals surface area contributed by atoms with Gasteiger partial charge in [0, 0.05) is 28.1 Å². The standard InChI is InChI=1S/C19H12Cl2N6O3S/c1-10-17(24-23-15-8-12(20)5-6-14(15)21)18(28)26(25-10)19-22-16(9-31-19)11-3-2-4-13(7-11)27(29)30/h2-9,17H,1H3/t17-/m1/s1. The first kappa shape index (κ1) is 21.0. The van der Waals surface area contributed by atoms with Crippen LogP contribution >= 0.6 is 34.5 Å². The SMILES string of the molecule is CC1=NN(c2nc(-c3cccc([N+](=O)[O-])c3)cs2)C(=O)[C@@H]1N=Nc1cc(Cl)ccc1Cl. The predicted molar refractivity (Wildman–Crippen MR) is 120 cm³/mol. The van der Waals surface area contributed by atoms with Crippen molar-refractivity contribution in [1.82, 2.24) is 4.98 Å². The average molecular weight is 475 g/mol. The molecule has 0 aliphatic carbocycles. The summed E-state index contributed by atoms with van der Waals surface area (Å²) in [5.74, 6) is -0.417. The van der Waals surface area contributed by atoms with Crippen molar-refractivity contribution in [3.05, 3.63) is 68.0 Å². The Morgan fingerprint density at radius 2 is 2.03 bits per heavy atom. The molecule has 4 rings (SSSR count). The third kappa shape index (κ3) is 4.31. The molecule has 0 saturated heterocycles. The highest BCUT2D eigenvalue weighted by Gasteiger charge is 2.36. The number of nitrogens with zero attached hydrogens (tertiary/aromatic N) is 6. The van der Waals surface area contributed by atoms with E-state index in [-0.39, 0.29) is 5.69 Å². The van der Waals surface area contributed by atoms with E-state index in [4.69, 9.17) is 23.2 Å². The van der Waals surface area contributed by atoms with Crippen LogP contribution in [-0.4, -0.2) is 27.6 Å². The minimum Gasteiger partial charge on any atom is -0.269 e. The molecule has 1 amide bonds. The second kappa shape index (κ2) is 8.50. The predicted octanol–water partition coefficient (Wildman–Crippen LogP) is 5.90. The molecule has 156 valence electrons. The Morgan fingerprint density at radius 3 is 2.81 bits per heavy atom. The molecular weight excluding hydrogens is 463 g/mol. The molecule has 0 spiro atoms. The molecule has 12 heteroatoms. The van der Waals surface area contributed by atoms with E-state index in [1.54, 1.807) is 42.6 Å². The summed E-state index contributed by atoms with van der Waals surface area (Å²) < 4.78 is 0. The number of nitro benzene ring substituents is 1. The highest BCUT2D eigenvalue weighted by molar-refractivity contribution is 7.14. The number of hydrogen-bond acceptors (Lipinski definition) is 8. The number of aromatic nitrogens is 1. The fourth-order valence-electron chi connectivity index (χ4n) is 2.78. The van der Waals surface area contributed by atoms with Crippen molar-refractivity contribution < 1.29 is 9.72 Å². The molecule has 0 bridgehead atoms. The monoisotopic (exact) mass is 474 g/mol. The van der Waals surface area contributed by atoms with Crippen LogP contribution in [0.1, 0.15) is 6.92 Å². The molecule has 3 aromatic rings. The molecule has 1 atom stereocenters. The molecule has 0 radical (unpaired) electrons. The number of rotatable bonds is 5. The van der Waals surface area contributed by atoms with Gasteiger partial charge in [-0.15, -0.1) is 11.3 Å². The van der Waals surface area contributed by atoms with Gasteiger partial charge < -0.3 is 0 Å². The zero-order chi connectivity index (χ0) is 22.1. The molecule has 1 aliphatic heterocycles. The second-order valence-corrected chi connectivity index (χ2v) is 8.11. The van der Waals surface area contributed by atoms with E-state index < -0.39 is 16.9 Å². The van der Waals surface area contributed by atoms with Crippen LogP contribution in [0.4, 0.5) is 16.5 Å². The van der Waals surface area contributed by atoms with E-state index in [0.29, 0.717) is 37.8 Å². The highest BCUT2D eigenvalue weighted by Crippen LogP contribution is 2.33. The summed E-state index contributed by atoms with van der Waals surface area (Å²) in [4.78, 5) is 27.8. The van der Waals surface area contributed by atoms with E-state index in [0.717, 1.165) is 5.01 Å². The molecule has 0 unspecified atom stereocenters. The lowest BCUT2D eigenvalue weighted by Gasteiger charge is -2.08. The number of amides is 1. The maximum Gasteiger partial charge on any atom is 0.282 e. The number of carbonyl (C=O) groups excluding carboxylic acids is 1. The van der Waals surface area contributed by atoms with E-state index in [9.17, 15) is 14.9 Å². The summed E-state index contributed by atoms with van der Waals surface area (Å²) in [6.45, 7) is 1.66. The quantitative estimate of drug-likeness (QED) is 0.260. The lowest BCUT2D eigenvalue weighted by molar-refractivity contribution is -0.384. The van der Waals surface area contributed by atoms with Gasteiger partial charge in [-0.2, -0.15) is 20.3 Å². The number of hydrogen-bond donors (Lipinski definition) is 0. The summed E-state index contributed by atoms with van der Waals surface area (Å²) in [5.41, 5.74) is 1.81. The summed E-state index contributed by atoms with van der Waals surface area (Å²) in [7, 11) is 0. The minimum atomic E-state index is -0.916. The number of nitro groups is 1. The number of non-ortho nitro benzene ring substituents is 1. The summed E-state index contributed by atoms with van der Waals surface area (Å²) in [6.07, 6.45) is 0. The number of thiazole rings is 1. The van der Waals surface area contributed by atoms with E-state index in [1.165, 1.54) is 23.5 Å². The number of azo groups is 1. The summed E-state index contributed by atoms with van der Waals surface area (Å²) in [5, 5.41) is 27.4. The molecule has 2 aromatic carbocycles. The van der Waals surface area contributed by atoms with Crippen LogP contribution in [0.2, 0.25) is 10.0 Å². The molecule has 1 aromatic heterocycles. The minimum absolute atomic E-state index is 0.0432. The van der Waals surface area contributed by atoms with Gasteiger partial charge in [0.1, 0.15) is 5.69 Å². The van der Waals surface area contributed by atoms with Crippen molar-refractivity contribution in [2.24, 2.45) is 15.3 Å². The number of anilines is 1. The number of carbonyl (C=O) groups is 1. The van der Waals surface area contributed by atoms with Crippen molar-refractivity contribution >= 4 is 62.7 Å². The number of benzene rings is 2. The van der Waals surface area contributed by atoms with Crippen LogP contribution in [0.25, 0.3) is 11.3 Å². The van der Waals surface area contributed by atoms with Crippen LogP contribution in [0.5, 0.6) is 0 Å². The second-order valence-electron chi connectivity index (χ2n) is 6.43. The fourth-order valence-corrected chi connectivity index (χ4v) is 3.89. The Labute approximate surface area is 189 Å². The lowest BCUT2D eigenvalue weighted by atomic mass is 10.1. The Bertz CT molecular complexity index is 1260. The molecule has 9 nitrogen and oxygen atoms in total. The van der Waals surface area contributed by atoms with E-state index in [1.807, 2.05) is 0 Å². The lowest BCUT2D eigenvalue weighted by Crippen LogP contribution is -2.29. The van der Waals surface area contributed by atoms with Crippen molar-refractivity contribution in [2.45, 2.75) is 13.0 Å². The summed E-state index contributed by atoms with van der Waals surface area (Å²) >= 11 is 13.2. The van der Waals surface area contributed by atoms with E-state index >= 15 is 0 Å². The molecule has 2 heterocycles. The normalized spacial score (nSPS) is 16.2. The first-order valence-electron chi connectivity index (χ1n) is 8.79. The topological polar surface area (TPSA) is 113 Å². The van der Waals surface area contributed by atoms with Gasteiger partial charge in [-0.3, -0.25) is 14.9 Å². The van der Waals surface area contributed by atoms with E-state index in [2.05, 4.69) is 20.3 Å². The smallest absolute Gasteiger partial charge is 0.269 e. The average Bonchev–Trinajstić information content (AvgIpc) is 3.34. The molecule has 0 saturated carbocycles. The van der Waals surface area contributed by atoms with Gasteiger partial charge in [-0.25, -0.2) is 4.98 Å². The third-order valence-electron chi connectivity index (χ3n) is 4.31. The van der Waals surface area contributed by atoms with Crippen molar-refractivity contribution in [1.29, 1.82) is 0 Å². The third-order valence-corrected chi connectivity index (χ3v) is 5.68. The van der Waals surface area contributed by atoms with Crippen LogP contribution in [-0.2, 0) is 4.79 Å². The van der Waals surface area contributed by atoms with Crippen molar-refractivity contribution in [3.63, 3.8) is 0 Å². The first-order chi connectivity index (χ1) is 14.8. The summed E-state index contributed by atoms with van der Waals surface area (Å²) in [6, 6.07) is 9.95. The molecule has 0 N–H and O–H groups in total.